The average molecular weight is 207 g/mol. The van der Waals surface area contributed by atoms with Crippen LogP contribution in [0.3, 0.4) is 0 Å². The summed E-state index contributed by atoms with van der Waals surface area (Å²) in [6, 6.07) is 5.40. The third-order valence-electron chi connectivity index (χ3n) is 2.62. The monoisotopic (exact) mass is 207 g/mol. The third kappa shape index (κ3) is 2.02. The Morgan fingerprint density at radius 2 is 2.20 bits per heavy atom. The second-order valence-corrected chi connectivity index (χ2v) is 3.83. The molecular formula is C12H14FNO. The van der Waals surface area contributed by atoms with Crippen molar-refractivity contribution >= 4 is 6.08 Å². The van der Waals surface area contributed by atoms with Gasteiger partial charge in [-0.05, 0) is 18.9 Å². The average Bonchev–Trinajstić information content (AvgIpc) is 2.18. The van der Waals surface area contributed by atoms with E-state index in [4.69, 9.17) is 10.5 Å². The van der Waals surface area contributed by atoms with E-state index in [9.17, 15) is 4.39 Å². The summed E-state index contributed by atoms with van der Waals surface area (Å²) < 4.78 is 18.6. The van der Waals surface area contributed by atoms with Gasteiger partial charge in [0, 0.05) is 11.6 Å². The molecule has 80 valence electrons. The highest BCUT2D eigenvalue weighted by molar-refractivity contribution is 5.57. The van der Waals surface area contributed by atoms with Crippen LogP contribution < -0.4 is 10.5 Å². The molecule has 1 fully saturated rings. The van der Waals surface area contributed by atoms with E-state index >= 15 is 0 Å². The molecule has 1 aromatic carbocycles. The van der Waals surface area contributed by atoms with Gasteiger partial charge in [-0.15, -0.1) is 0 Å². The summed E-state index contributed by atoms with van der Waals surface area (Å²) in [7, 11) is 1.47. The minimum atomic E-state index is -0.298. The molecule has 0 bridgehead atoms. The van der Waals surface area contributed by atoms with E-state index in [0.717, 1.165) is 12.8 Å². The lowest BCUT2D eigenvalue weighted by atomic mass is 9.86. The molecule has 0 amide bonds. The Labute approximate surface area is 88.5 Å². The fourth-order valence-corrected chi connectivity index (χ4v) is 1.75. The summed E-state index contributed by atoms with van der Waals surface area (Å²) in [6.07, 6.45) is 3.61. The van der Waals surface area contributed by atoms with Crippen LogP contribution in [0, 0.1) is 5.82 Å². The van der Waals surface area contributed by atoms with Crippen molar-refractivity contribution in [3.8, 4) is 5.75 Å². The number of methoxy groups -OCH3 is 1. The normalized spacial score (nSPS) is 19.7. The van der Waals surface area contributed by atoms with Gasteiger partial charge in [0.2, 0.25) is 0 Å². The molecule has 2 rings (SSSR count). The molecule has 0 radical (unpaired) electrons. The van der Waals surface area contributed by atoms with Gasteiger partial charge in [0.15, 0.2) is 11.6 Å². The van der Waals surface area contributed by atoms with Gasteiger partial charge in [0.05, 0.1) is 7.11 Å². The summed E-state index contributed by atoms with van der Waals surface area (Å²) in [5, 5.41) is 0. The van der Waals surface area contributed by atoms with Crippen LogP contribution in [-0.2, 0) is 0 Å². The van der Waals surface area contributed by atoms with Crippen LogP contribution in [0.25, 0.3) is 6.08 Å². The van der Waals surface area contributed by atoms with Gasteiger partial charge in [0.1, 0.15) is 0 Å². The van der Waals surface area contributed by atoms with Crippen LogP contribution in [0.4, 0.5) is 4.39 Å². The Balaban J connectivity index is 2.25. The second-order valence-electron chi connectivity index (χ2n) is 3.83. The van der Waals surface area contributed by atoms with E-state index in [2.05, 4.69) is 0 Å². The first-order valence-corrected chi connectivity index (χ1v) is 4.98. The number of hydrogen-bond donors (Lipinski definition) is 1. The highest BCUT2D eigenvalue weighted by Crippen LogP contribution is 2.29. The SMILES string of the molecule is COc1cccc(C=C2CC(N)C2)c1F. The number of halogens is 1. The van der Waals surface area contributed by atoms with Crippen LogP contribution in [0.2, 0.25) is 0 Å². The smallest absolute Gasteiger partial charge is 0.172 e. The van der Waals surface area contributed by atoms with Crippen molar-refractivity contribution in [1.82, 2.24) is 0 Å². The van der Waals surface area contributed by atoms with Crippen molar-refractivity contribution in [2.45, 2.75) is 18.9 Å². The molecule has 0 spiro atoms. The predicted molar refractivity (Wildman–Crippen MR) is 58.1 cm³/mol. The van der Waals surface area contributed by atoms with Gasteiger partial charge in [-0.2, -0.15) is 0 Å². The Hall–Kier alpha value is -1.35. The maximum absolute atomic E-state index is 13.7. The molecule has 2 N–H and O–H groups in total. The van der Waals surface area contributed by atoms with E-state index in [-0.39, 0.29) is 17.6 Å². The molecule has 2 nitrogen and oxygen atoms in total. The topological polar surface area (TPSA) is 35.2 Å². The quantitative estimate of drug-likeness (QED) is 0.807. The van der Waals surface area contributed by atoms with Crippen LogP contribution in [0.15, 0.2) is 23.8 Å². The lowest BCUT2D eigenvalue weighted by Gasteiger charge is -2.25. The van der Waals surface area contributed by atoms with Gasteiger partial charge in [0.25, 0.3) is 0 Å². The van der Waals surface area contributed by atoms with Crippen molar-refractivity contribution in [2.24, 2.45) is 5.73 Å². The Morgan fingerprint density at radius 3 is 2.80 bits per heavy atom. The van der Waals surface area contributed by atoms with Crippen molar-refractivity contribution in [3.05, 3.63) is 35.2 Å². The summed E-state index contributed by atoms with van der Waals surface area (Å²) in [6.45, 7) is 0. The Bertz CT molecular complexity index is 393. The zero-order valence-electron chi connectivity index (χ0n) is 8.66. The minimum Gasteiger partial charge on any atom is -0.494 e. The first-order chi connectivity index (χ1) is 7.20. The number of hydrogen-bond acceptors (Lipinski definition) is 2. The maximum Gasteiger partial charge on any atom is 0.172 e. The largest absolute Gasteiger partial charge is 0.494 e. The van der Waals surface area contributed by atoms with Crippen LogP contribution >= 0.6 is 0 Å². The molecule has 0 atom stereocenters. The molecule has 1 aliphatic rings. The minimum absolute atomic E-state index is 0.255. The second kappa shape index (κ2) is 4.03. The summed E-state index contributed by atoms with van der Waals surface area (Å²) in [4.78, 5) is 0. The molecule has 0 aromatic heterocycles. The molecule has 0 heterocycles. The van der Waals surface area contributed by atoms with Gasteiger partial charge in [-0.25, -0.2) is 4.39 Å². The van der Waals surface area contributed by atoms with Gasteiger partial charge in [-0.1, -0.05) is 23.8 Å². The van der Waals surface area contributed by atoms with E-state index in [0.29, 0.717) is 5.56 Å². The molecule has 1 saturated carbocycles. The highest BCUT2D eigenvalue weighted by atomic mass is 19.1. The molecule has 0 saturated heterocycles. The zero-order valence-corrected chi connectivity index (χ0v) is 8.66. The Morgan fingerprint density at radius 1 is 1.47 bits per heavy atom. The van der Waals surface area contributed by atoms with Crippen molar-refractivity contribution < 1.29 is 9.13 Å². The van der Waals surface area contributed by atoms with E-state index in [1.807, 2.05) is 6.08 Å². The number of benzene rings is 1. The first kappa shape index (κ1) is 10.2. The summed E-state index contributed by atoms with van der Waals surface area (Å²) in [5.41, 5.74) is 7.44. The molecule has 1 aliphatic carbocycles. The van der Waals surface area contributed by atoms with Crippen LogP contribution in [0.1, 0.15) is 18.4 Å². The molecule has 1 aromatic rings. The van der Waals surface area contributed by atoms with E-state index in [1.54, 1.807) is 18.2 Å². The summed E-state index contributed by atoms with van der Waals surface area (Å²) >= 11 is 0. The Kier molecular flexibility index (Phi) is 2.73. The predicted octanol–water partition coefficient (Wildman–Crippen LogP) is 2.34. The summed E-state index contributed by atoms with van der Waals surface area (Å²) in [5.74, 6) is -0.0130. The third-order valence-corrected chi connectivity index (χ3v) is 2.62. The lowest BCUT2D eigenvalue weighted by molar-refractivity contribution is 0.386. The van der Waals surface area contributed by atoms with Gasteiger partial charge in [-0.3, -0.25) is 0 Å². The first-order valence-electron chi connectivity index (χ1n) is 4.98. The van der Waals surface area contributed by atoms with Crippen molar-refractivity contribution in [2.75, 3.05) is 7.11 Å². The van der Waals surface area contributed by atoms with E-state index < -0.39 is 0 Å². The number of ether oxygens (including phenoxy) is 1. The molecule has 3 heteroatoms. The van der Waals surface area contributed by atoms with Crippen molar-refractivity contribution in [1.29, 1.82) is 0 Å². The molecule has 0 aliphatic heterocycles. The van der Waals surface area contributed by atoms with Gasteiger partial charge >= 0.3 is 0 Å². The van der Waals surface area contributed by atoms with Gasteiger partial charge < -0.3 is 10.5 Å². The molecule has 15 heavy (non-hydrogen) atoms. The number of rotatable bonds is 2. The fraction of sp³-hybridized carbons (Fsp3) is 0.333. The zero-order chi connectivity index (χ0) is 10.8. The standard InChI is InChI=1S/C12H14FNO/c1-15-11-4-2-3-9(12(11)13)5-8-6-10(14)7-8/h2-5,10H,6-7,14H2,1H3. The van der Waals surface area contributed by atoms with Crippen LogP contribution in [-0.4, -0.2) is 13.2 Å². The molecular weight excluding hydrogens is 193 g/mol. The highest BCUT2D eigenvalue weighted by Gasteiger charge is 2.19. The lowest BCUT2D eigenvalue weighted by Crippen LogP contribution is -2.29. The molecule has 0 unspecified atom stereocenters. The fourth-order valence-electron chi connectivity index (χ4n) is 1.75. The van der Waals surface area contributed by atoms with Crippen LogP contribution in [0.5, 0.6) is 5.75 Å². The maximum atomic E-state index is 13.7. The number of nitrogens with two attached hydrogens (primary N) is 1. The van der Waals surface area contributed by atoms with Crippen molar-refractivity contribution in [3.63, 3.8) is 0 Å². The van der Waals surface area contributed by atoms with E-state index in [1.165, 1.54) is 12.7 Å².